The van der Waals surface area contributed by atoms with Crippen molar-refractivity contribution in [2.45, 2.75) is 104 Å². The summed E-state index contributed by atoms with van der Waals surface area (Å²) in [5, 5.41) is 8.60. The van der Waals surface area contributed by atoms with Gasteiger partial charge < -0.3 is 36.1 Å². The molecule has 0 spiro atoms. The number of nitrogens with two attached hydrogens (primary N) is 1. The normalized spacial score (nSPS) is 16.8. The van der Waals surface area contributed by atoms with Crippen LogP contribution < -0.4 is 26.4 Å². The third-order valence-electron chi connectivity index (χ3n) is 8.47. The Kier molecular flexibility index (Phi) is 14.1. The quantitative estimate of drug-likeness (QED) is 0.201. The fraction of sp³-hybridized carbons (Fsp3) is 0.553. The number of para-hydroxylation sites is 1. The number of thioether (sulfide) groups is 1. The zero-order chi connectivity index (χ0) is 38.1. The van der Waals surface area contributed by atoms with E-state index in [0.717, 1.165) is 16.7 Å². The van der Waals surface area contributed by atoms with Crippen molar-refractivity contribution in [3.05, 3.63) is 65.2 Å². The molecule has 0 saturated carbocycles. The molecule has 280 valence electrons. The minimum Gasteiger partial charge on any atom is -0.483 e. The van der Waals surface area contributed by atoms with Gasteiger partial charge in [0.1, 0.15) is 11.8 Å². The maximum Gasteiger partial charge on any atom is 0.307 e. The number of rotatable bonds is 15. The highest BCUT2D eigenvalue weighted by Crippen LogP contribution is 2.40. The van der Waals surface area contributed by atoms with E-state index in [0.29, 0.717) is 5.75 Å². The van der Waals surface area contributed by atoms with Gasteiger partial charge in [0, 0.05) is 23.4 Å². The summed E-state index contributed by atoms with van der Waals surface area (Å²) in [5.74, 6) is -2.02. The lowest BCUT2D eigenvalue weighted by atomic mass is 9.88. The van der Waals surface area contributed by atoms with Crippen LogP contribution in [0.5, 0.6) is 5.75 Å². The van der Waals surface area contributed by atoms with Gasteiger partial charge in [0.2, 0.25) is 17.9 Å². The highest BCUT2D eigenvalue weighted by atomic mass is 32.2. The van der Waals surface area contributed by atoms with Gasteiger partial charge in [-0.1, -0.05) is 62.4 Å². The molecule has 4 amide bonds. The fourth-order valence-electron chi connectivity index (χ4n) is 5.88. The van der Waals surface area contributed by atoms with E-state index in [1.54, 1.807) is 13.8 Å². The zero-order valence-electron chi connectivity index (χ0n) is 31.4. The first-order valence-electron chi connectivity index (χ1n) is 17.2. The van der Waals surface area contributed by atoms with Crippen LogP contribution in [-0.2, 0) is 35.1 Å². The van der Waals surface area contributed by atoms with Crippen LogP contribution in [0.25, 0.3) is 0 Å². The Balaban J connectivity index is 2.03. The van der Waals surface area contributed by atoms with Crippen molar-refractivity contribution in [1.29, 1.82) is 0 Å². The van der Waals surface area contributed by atoms with Crippen LogP contribution >= 0.6 is 11.8 Å². The fourth-order valence-corrected chi connectivity index (χ4v) is 7.02. The largest absolute Gasteiger partial charge is 0.483 e. The minimum atomic E-state index is -1.55. The molecule has 0 unspecified atom stereocenters. The third-order valence-corrected chi connectivity index (χ3v) is 9.85. The molecule has 51 heavy (non-hydrogen) atoms. The number of hydrogen-bond acceptors (Lipinski definition) is 9. The molecule has 2 aromatic carbocycles. The number of nitrogens with zero attached hydrogens (tertiary/aromatic N) is 1. The molecule has 0 bridgehead atoms. The average Bonchev–Trinajstić information content (AvgIpc) is 3.35. The first kappa shape index (κ1) is 41.3. The van der Waals surface area contributed by atoms with E-state index in [-0.39, 0.29) is 44.3 Å². The Morgan fingerprint density at radius 1 is 0.980 bits per heavy atom. The standard InChI is InChI=1S/C38H55N5O7S/c1-24-14-13-15-25(2)30(24)49-22-28(44)41-27(20-26-16-11-10-12-17-26)31(50-29(45)21-37(6,7)35(48)40-19-18-39)34(47)43-23-51-38(8,9)32(43)33(46)42-36(3,4)5/h10-17,27,31-32H,18-23,39H2,1-9H3,(H,40,48)(H,41,44)(H,42,46)/t27-,31-,32+/m0/s1. The summed E-state index contributed by atoms with van der Waals surface area (Å²) in [6, 6.07) is 12.9. The van der Waals surface area contributed by atoms with Gasteiger partial charge in [-0.05, 0) is 71.6 Å². The monoisotopic (exact) mass is 725 g/mol. The summed E-state index contributed by atoms with van der Waals surface area (Å²) in [6.07, 6.45) is -1.80. The number of nitrogens with one attached hydrogen (secondary N) is 3. The smallest absolute Gasteiger partial charge is 0.307 e. The lowest BCUT2D eigenvalue weighted by Gasteiger charge is -2.36. The molecule has 13 heteroatoms. The topological polar surface area (TPSA) is 169 Å². The SMILES string of the molecule is Cc1cccc(C)c1OCC(=O)N[C@@H](Cc1ccccc1)[C@H](OC(=O)CC(C)(C)C(=O)NCCN)C(=O)N1CSC(C)(C)[C@H]1C(=O)NC(C)(C)C. The lowest BCUT2D eigenvalue weighted by molar-refractivity contribution is -0.166. The molecule has 5 N–H and O–H groups in total. The molecule has 0 aliphatic carbocycles. The zero-order valence-corrected chi connectivity index (χ0v) is 32.2. The molecule has 1 aliphatic heterocycles. The number of ether oxygens (including phenoxy) is 2. The van der Waals surface area contributed by atoms with Crippen LogP contribution in [0, 0.1) is 19.3 Å². The molecular formula is C38H55N5O7S. The Labute approximate surface area is 306 Å². The van der Waals surface area contributed by atoms with E-state index in [1.165, 1.54) is 16.7 Å². The number of carbonyl (C=O) groups excluding carboxylic acids is 5. The van der Waals surface area contributed by atoms with Gasteiger partial charge in [-0.15, -0.1) is 11.8 Å². The molecule has 0 aromatic heterocycles. The minimum absolute atomic E-state index is 0.114. The first-order valence-corrected chi connectivity index (χ1v) is 18.2. The highest BCUT2D eigenvalue weighted by Gasteiger charge is 2.51. The van der Waals surface area contributed by atoms with Gasteiger partial charge in [0.05, 0.1) is 23.8 Å². The maximum absolute atomic E-state index is 14.8. The van der Waals surface area contributed by atoms with Crippen molar-refractivity contribution >= 4 is 41.4 Å². The Bertz CT molecular complexity index is 1540. The summed E-state index contributed by atoms with van der Waals surface area (Å²) < 4.78 is 11.3. The van der Waals surface area contributed by atoms with Crippen molar-refractivity contribution < 1.29 is 33.4 Å². The predicted octanol–water partition coefficient (Wildman–Crippen LogP) is 3.41. The maximum atomic E-state index is 14.8. The second-order valence-corrected chi connectivity index (χ2v) is 16.8. The number of aryl methyl sites for hydroxylation is 2. The number of carbonyl (C=O) groups is 5. The highest BCUT2D eigenvalue weighted by molar-refractivity contribution is 8.00. The Hall–Kier alpha value is -4.10. The molecule has 2 aromatic rings. The van der Waals surface area contributed by atoms with Crippen LogP contribution in [0.3, 0.4) is 0 Å². The Morgan fingerprint density at radius 3 is 2.20 bits per heavy atom. The summed E-state index contributed by atoms with van der Waals surface area (Å²) in [4.78, 5) is 70.1. The molecule has 0 radical (unpaired) electrons. The van der Waals surface area contributed by atoms with Gasteiger partial charge in [0.15, 0.2) is 6.61 Å². The molecule has 1 fully saturated rings. The predicted molar refractivity (Wildman–Crippen MR) is 199 cm³/mol. The van der Waals surface area contributed by atoms with E-state index >= 15 is 0 Å². The van der Waals surface area contributed by atoms with E-state index < -0.39 is 57.6 Å². The first-order chi connectivity index (χ1) is 23.8. The number of hydrogen-bond donors (Lipinski definition) is 4. The van der Waals surface area contributed by atoms with Gasteiger partial charge >= 0.3 is 5.97 Å². The van der Waals surface area contributed by atoms with Gasteiger partial charge in [0.25, 0.3) is 11.8 Å². The van der Waals surface area contributed by atoms with E-state index in [4.69, 9.17) is 15.2 Å². The van der Waals surface area contributed by atoms with Crippen LogP contribution in [0.2, 0.25) is 0 Å². The molecule has 1 saturated heterocycles. The van der Waals surface area contributed by atoms with Crippen LogP contribution in [0.4, 0.5) is 0 Å². The van der Waals surface area contributed by atoms with E-state index in [9.17, 15) is 24.0 Å². The van der Waals surface area contributed by atoms with Crippen LogP contribution in [0.15, 0.2) is 48.5 Å². The molecule has 3 rings (SSSR count). The second-order valence-electron chi connectivity index (χ2n) is 15.2. The Morgan fingerprint density at radius 2 is 1.61 bits per heavy atom. The van der Waals surface area contributed by atoms with E-state index in [2.05, 4.69) is 16.0 Å². The summed E-state index contributed by atoms with van der Waals surface area (Å²) in [6.45, 7) is 16.4. The van der Waals surface area contributed by atoms with Crippen molar-refractivity contribution in [3.8, 4) is 5.75 Å². The number of esters is 1. The van der Waals surface area contributed by atoms with Crippen molar-refractivity contribution in [1.82, 2.24) is 20.9 Å². The average molecular weight is 726 g/mol. The van der Waals surface area contributed by atoms with E-state index in [1.807, 2.05) is 97.0 Å². The van der Waals surface area contributed by atoms with Gasteiger partial charge in [-0.3, -0.25) is 24.0 Å². The van der Waals surface area contributed by atoms with Gasteiger partial charge in [-0.25, -0.2) is 0 Å². The second kappa shape index (κ2) is 17.4. The van der Waals surface area contributed by atoms with Crippen molar-refractivity contribution in [2.24, 2.45) is 11.1 Å². The molecule has 1 aliphatic rings. The molecular weight excluding hydrogens is 671 g/mol. The van der Waals surface area contributed by atoms with Crippen LogP contribution in [-0.4, -0.2) is 88.5 Å². The van der Waals surface area contributed by atoms with Crippen LogP contribution in [0.1, 0.15) is 71.6 Å². The van der Waals surface area contributed by atoms with Crippen molar-refractivity contribution in [2.75, 3.05) is 25.6 Å². The molecule has 12 nitrogen and oxygen atoms in total. The summed E-state index contributed by atoms with van der Waals surface area (Å²) in [5.41, 5.74) is 6.27. The summed E-state index contributed by atoms with van der Waals surface area (Å²) >= 11 is 1.43. The number of amides is 4. The number of benzene rings is 2. The third kappa shape index (κ3) is 11.7. The van der Waals surface area contributed by atoms with Gasteiger partial charge in [-0.2, -0.15) is 0 Å². The lowest BCUT2D eigenvalue weighted by Crippen LogP contribution is -2.61. The molecule has 3 atom stereocenters. The molecule has 1 heterocycles. The van der Waals surface area contributed by atoms with Crippen molar-refractivity contribution in [3.63, 3.8) is 0 Å². The summed E-state index contributed by atoms with van der Waals surface area (Å²) in [7, 11) is 0.